The van der Waals surface area contributed by atoms with E-state index >= 15 is 0 Å². The Labute approximate surface area is 124 Å². The Hall–Kier alpha value is -0.640. The van der Waals surface area contributed by atoms with Gasteiger partial charge in [-0.1, -0.05) is 61.7 Å². The molecule has 2 aromatic rings. The number of aryl methyl sites for hydroxylation is 2. The molecule has 0 aliphatic rings. The molecule has 1 N–H and O–H groups in total. The average Bonchev–Trinajstić information content (AvgIpc) is 2.34. The lowest BCUT2D eigenvalue weighted by Crippen LogP contribution is -2.01. The molecule has 1 atom stereocenters. The van der Waals surface area contributed by atoms with Gasteiger partial charge in [-0.2, -0.15) is 0 Å². The van der Waals surface area contributed by atoms with Crippen molar-refractivity contribution < 1.29 is 5.11 Å². The first kappa shape index (κ1) is 13.8. The molecular formula is C15H14Br2O. The number of halogens is 2. The Bertz CT molecular complexity index is 561. The summed E-state index contributed by atoms with van der Waals surface area (Å²) < 4.78 is 1.93. The summed E-state index contributed by atoms with van der Waals surface area (Å²) in [7, 11) is 0. The SMILES string of the molecule is Cc1ccc(C(O)c2cc(Br)c(C)cc2Br)cc1. The zero-order valence-corrected chi connectivity index (χ0v) is 13.4. The van der Waals surface area contributed by atoms with Crippen LogP contribution in [0.2, 0.25) is 0 Å². The fraction of sp³-hybridized carbons (Fsp3) is 0.200. The fourth-order valence-corrected chi connectivity index (χ4v) is 2.84. The molecule has 3 heteroatoms. The molecule has 0 aromatic heterocycles. The predicted octanol–water partition coefficient (Wildman–Crippen LogP) is 4.91. The minimum Gasteiger partial charge on any atom is -0.384 e. The van der Waals surface area contributed by atoms with Crippen molar-refractivity contribution in [3.8, 4) is 0 Å². The van der Waals surface area contributed by atoms with Gasteiger partial charge in [-0.15, -0.1) is 0 Å². The molecule has 1 nitrogen and oxygen atoms in total. The summed E-state index contributed by atoms with van der Waals surface area (Å²) in [6, 6.07) is 11.9. The summed E-state index contributed by atoms with van der Waals surface area (Å²) >= 11 is 7.01. The van der Waals surface area contributed by atoms with Crippen molar-refractivity contribution in [2.75, 3.05) is 0 Å². The Morgan fingerprint density at radius 2 is 1.56 bits per heavy atom. The number of benzene rings is 2. The third-order valence-electron chi connectivity index (χ3n) is 2.97. The van der Waals surface area contributed by atoms with Crippen LogP contribution in [0, 0.1) is 13.8 Å². The maximum atomic E-state index is 10.4. The van der Waals surface area contributed by atoms with Crippen LogP contribution in [0.25, 0.3) is 0 Å². The minimum absolute atomic E-state index is 0.614. The lowest BCUT2D eigenvalue weighted by atomic mass is 10.00. The van der Waals surface area contributed by atoms with E-state index in [1.165, 1.54) is 5.56 Å². The van der Waals surface area contributed by atoms with Crippen LogP contribution in [-0.2, 0) is 0 Å². The highest BCUT2D eigenvalue weighted by Gasteiger charge is 2.15. The molecule has 0 saturated heterocycles. The Balaban J connectivity index is 2.42. The van der Waals surface area contributed by atoms with Gasteiger partial charge in [0.15, 0.2) is 0 Å². The minimum atomic E-state index is -0.614. The summed E-state index contributed by atoms with van der Waals surface area (Å²) in [5.74, 6) is 0. The Morgan fingerprint density at radius 3 is 2.17 bits per heavy atom. The molecule has 2 aromatic carbocycles. The van der Waals surface area contributed by atoms with Gasteiger partial charge in [0, 0.05) is 14.5 Å². The fourth-order valence-electron chi connectivity index (χ4n) is 1.80. The second kappa shape index (κ2) is 5.55. The Morgan fingerprint density at radius 1 is 0.944 bits per heavy atom. The molecule has 2 rings (SSSR count). The normalized spacial score (nSPS) is 12.5. The quantitative estimate of drug-likeness (QED) is 0.797. The van der Waals surface area contributed by atoms with Gasteiger partial charge in [0.1, 0.15) is 6.10 Å². The first-order valence-corrected chi connectivity index (χ1v) is 7.28. The van der Waals surface area contributed by atoms with E-state index in [1.807, 2.05) is 50.2 Å². The van der Waals surface area contributed by atoms with Crippen LogP contribution in [0.5, 0.6) is 0 Å². The van der Waals surface area contributed by atoms with E-state index in [1.54, 1.807) is 0 Å². The predicted molar refractivity (Wildman–Crippen MR) is 81.8 cm³/mol. The maximum Gasteiger partial charge on any atom is 0.105 e. The van der Waals surface area contributed by atoms with Gasteiger partial charge >= 0.3 is 0 Å². The molecular weight excluding hydrogens is 356 g/mol. The molecule has 0 radical (unpaired) electrons. The van der Waals surface area contributed by atoms with Crippen molar-refractivity contribution in [3.05, 3.63) is 67.6 Å². The second-order valence-electron chi connectivity index (χ2n) is 4.44. The molecule has 0 amide bonds. The van der Waals surface area contributed by atoms with Crippen LogP contribution in [0.3, 0.4) is 0 Å². The summed E-state index contributed by atoms with van der Waals surface area (Å²) in [6.07, 6.45) is -0.614. The molecule has 0 heterocycles. The molecule has 0 aliphatic heterocycles. The Kier molecular flexibility index (Phi) is 4.25. The zero-order chi connectivity index (χ0) is 13.3. The van der Waals surface area contributed by atoms with Crippen molar-refractivity contribution in [2.24, 2.45) is 0 Å². The van der Waals surface area contributed by atoms with Crippen LogP contribution in [0.4, 0.5) is 0 Å². The highest BCUT2D eigenvalue weighted by Crippen LogP contribution is 2.32. The van der Waals surface area contributed by atoms with Gasteiger partial charge in [0.05, 0.1) is 0 Å². The molecule has 0 spiro atoms. The van der Waals surface area contributed by atoms with E-state index in [0.29, 0.717) is 0 Å². The van der Waals surface area contributed by atoms with Crippen molar-refractivity contribution >= 4 is 31.9 Å². The van der Waals surface area contributed by atoms with Crippen molar-refractivity contribution in [1.29, 1.82) is 0 Å². The number of hydrogen-bond donors (Lipinski definition) is 1. The number of aliphatic hydroxyl groups is 1. The van der Waals surface area contributed by atoms with Gasteiger partial charge in [0.25, 0.3) is 0 Å². The number of rotatable bonds is 2. The van der Waals surface area contributed by atoms with Crippen molar-refractivity contribution in [3.63, 3.8) is 0 Å². The summed E-state index contributed by atoms with van der Waals surface area (Å²) in [5.41, 5.74) is 4.10. The van der Waals surface area contributed by atoms with Crippen LogP contribution >= 0.6 is 31.9 Å². The molecule has 1 unspecified atom stereocenters. The van der Waals surface area contributed by atoms with Gasteiger partial charge in [-0.3, -0.25) is 0 Å². The lowest BCUT2D eigenvalue weighted by Gasteiger charge is -2.15. The largest absolute Gasteiger partial charge is 0.384 e. The summed E-state index contributed by atoms with van der Waals surface area (Å²) in [5, 5.41) is 10.4. The van der Waals surface area contributed by atoms with Gasteiger partial charge in [-0.25, -0.2) is 0 Å². The molecule has 0 bridgehead atoms. The van der Waals surface area contributed by atoms with Crippen molar-refractivity contribution in [1.82, 2.24) is 0 Å². The number of hydrogen-bond acceptors (Lipinski definition) is 1. The van der Waals surface area contributed by atoms with Crippen LogP contribution in [0.15, 0.2) is 45.3 Å². The van der Waals surface area contributed by atoms with E-state index in [4.69, 9.17) is 0 Å². The highest BCUT2D eigenvalue weighted by atomic mass is 79.9. The lowest BCUT2D eigenvalue weighted by molar-refractivity contribution is 0.219. The summed E-state index contributed by atoms with van der Waals surface area (Å²) in [6.45, 7) is 4.06. The third-order valence-corrected chi connectivity index (χ3v) is 4.51. The maximum absolute atomic E-state index is 10.4. The smallest absolute Gasteiger partial charge is 0.105 e. The first-order chi connectivity index (χ1) is 8.49. The summed E-state index contributed by atoms with van der Waals surface area (Å²) in [4.78, 5) is 0. The van der Waals surface area contributed by atoms with Gasteiger partial charge < -0.3 is 5.11 Å². The standard InChI is InChI=1S/C15H14Br2O/c1-9-3-5-11(6-4-9)15(18)12-8-13(16)10(2)7-14(12)17/h3-8,15,18H,1-2H3. The molecule has 18 heavy (non-hydrogen) atoms. The third kappa shape index (κ3) is 2.85. The average molecular weight is 370 g/mol. The topological polar surface area (TPSA) is 20.2 Å². The van der Waals surface area contributed by atoms with E-state index < -0.39 is 6.10 Å². The van der Waals surface area contributed by atoms with Crippen molar-refractivity contribution in [2.45, 2.75) is 20.0 Å². The zero-order valence-electron chi connectivity index (χ0n) is 10.2. The van der Waals surface area contributed by atoms with Crippen LogP contribution in [-0.4, -0.2) is 5.11 Å². The van der Waals surface area contributed by atoms with Crippen LogP contribution in [0.1, 0.15) is 28.4 Å². The van der Waals surface area contributed by atoms with E-state index in [-0.39, 0.29) is 0 Å². The second-order valence-corrected chi connectivity index (χ2v) is 6.14. The first-order valence-electron chi connectivity index (χ1n) is 5.69. The molecule has 94 valence electrons. The van der Waals surface area contributed by atoms with E-state index in [2.05, 4.69) is 31.9 Å². The molecule has 0 aliphatic carbocycles. The molecule has 0 fully saturated rings. The number of aliphatic hydroxyl groups excluding tert-OH is 1. The van der Waals surface area contributed by atoms with Gasteiger partial charge in [-0.05, 0) is 37.1 Å². The van der Waals surface area contributed by atoms with E-state index in [9.17, 15) is 5.11 Å². The van der Waals surface area contributed by atoms with E-state index in [0.717, 1.165) is 25.6 Å². The van der Waals surface area contributed by atoms with Crippen LogP contribution < -0.4 is 0 Å². The monoisotopic (exact) mass is 368 g/mol. The highest BCUT2D eigenvalue weighted by molar-refractivity contribution is 9.11. The van der Waals surface area contributed by atoms with Gasteiger partial charge in [0.2, 0.25) is 0 Å². The molecule has 0 saturated carbocycles.